The van der Waals surface area contributed by atoms with Crippen LogP contribution in [-0.4, -0.2) is 48.8 Å². The lowest BCUT2D eigenvalue weighted by Gasteiger charge is -2.22. The molecule has 2 N–H and O–H groups in total. The predicted octanol–water partition coefficient (Wildman–Crippen LogP) is 4.22. The molecule has 1 amide bonds. The van der Waals surface area contributed by atoms with Gasteiger partial charge in [-0.05, 0) is 57.0 Å². The molecule has 0 bridgehead atoms. The number of aromatic nitrogens is 3. The van der Waals surface area contributed by atoms with Crippen LogP contribution >= 0.6 is 11.3 Å². The smallest absolute Gasteiger partial charge is 0.350 e. The molecule has 1 saturated heterocycles. The molecule has 4 heterocycles. The van der Waals surface area contributed by atoms with Gasteiger partial charge in [-0.15, -0.1) is 0 Å². The van der Waals surface area contributed by atoms with E-state index in [0.29, 0.717) is 22.6 Å². The van der Waals surface area contributed by atoms with E-state index in [1.807, 2.05) is 19.1 Å². The maximum Gasteiger partial charge on any atom is 0.350 e. The number of phenols is 1. The normalized spacial score (nSPS) is 16.9. The molecular formula is C27H24N4O6S. The Morgan fingerprint density at radius 1 is 1.11 bits per heavy atom. The molecule has 1 aromatic carbocycles. The molecule has 38 heavy (non-hydrogen) atoms. The molecule has 0 aliphatic carbocycles. The Morgan fingerprint density at radius 2 is 1.82 bits per heavy atom. The summed E-state index contributed by atoms with van der Waals surface area (Å²) in [6.07, 6.45) is 1.80. The summed E-state index contributed by atoms with van der Waals surface area (Å²) in [4.78, 5) is 49.7. The van der Waals surface area contributed by atoms with Gasteiger partial charge in [-0.3, -0.25) is 14.5 Å². The van der Waals surface area contributed by atoms with Gasteiger partial charge in [0, 0.05) is 6.20 Å². The molecule has 3 aromatic heterocycles. The molecule has 0 spiro atoms. The first-order valence-corrected chi connectivity index (χ1v) is 12.6. The lowest BCUT2D eigenvalue weighted by molar-refractivity contribution is -0.132. The van der Waals surface area contributed by atoms with Gasteiger partial charge in [-0.25, -0.2) is 14.8 Å². The van der Waals surface area contributed by atoms with Crippen LogP contribution in [0.25, 0.3) is 11.4 Å². The number of phenolic OH excluding ortho intramolecular Hbond substituents is 1. The van der Waals surface area contributed by atoms with Gasteiger partial charge in [0.25, 0.3) is 5.78 Å². The fourth-order valence-electron chi connectivity index (χ4n) is 4.55. The van der Waals surface area contributed by atoms with Gasteiger partial charge in [0.15, 0.2) is 10.9 Å². The van der Waals surface area contributed by atoms with Crippen molar-refractivity contribution in [3.8, 4) is 5.75 Å². The molecule has 1 aliphatic heterocycles. The van der Waals surface area contributed by atoms with E-state index < -0.39 is 29.5 Å². The quantitative estimate of drug-likeness (QED) is 0.169. The van der Waals surface area contributed by atoms with Crippen molar-refractivity contribution in [2.45, 2.75) is 33.7 Å². The maximum atomic E-state index is 13.5. The second-order valence-electron chi connectivity index (χ2n) is 8.82. The fraction of sp³-hybridized carbons (Fsp3) is 0.222. The third-order valence-electron chi connectivity index (χ3n) is 6.41. The third-order valence-corrected chi connectivity index (χ3v) is 7.55. The van der Waals surface area contributed by atoms with Crippen molar-refractivity contribution in [3.05, 3.63) is 81.3 Å². The van der Waals surface area contributed by atoms with Crippen molar-refractivity contribution in [2.75, 3.05) is 11.5 Å². The van der Waals surface area contributed by atoms with E-state index in [2.05, 4.69) is 9.97 Å². The van der Waals surface area contributed by atoms with Crippen LogP contribution in [0, 0.1) is 20.8 Å². The molecule has 194 valence electrons. The molecule has 1 atom stereocenters. The highest BCUT2D eigenvalue weighted by Crippen LogP contribution is 2.44. The highest BCUT2D eigenvalue weighted by Gasteiger charge is 2.49. The Bertz CT molecular complexity index is 1650. The van der Waals surface area contributed by atoms with E-state index in [1.54, 1.807) is 43.5 Å². The molecular weight excluding hydrogens is 508 g/mol. The van der Waals surface area contributed by atoms with Gasteiger partial charge in [-0.2, -0.15) is 0 Å². The second-order valence-corrected chi connectivity index (χ2v) is 9.80. The number of rotatable bonds is 5. The van der Waals surface area contributed by atoms with Crippen LogP contribution in [0.4, 0.5) is 5.13 Å². The van der Waals surface area contributed by atoms with E-state index in [9.17, 15) is 24.6 Å². The molecule has 10 nitrogen and oxygen atoms in total. The zero-order chi connectivity index (χ0) is 27.3. The number of aliphatic hydroxyl groups is 1. The number of amides is 1. The number of fused-ring (bicyclic) bond motifs is 1. The van der Waals surface area contributed by atoms with Gasteiger partial charge in [0.05, 0.1) is 29.6 Å². The van der Waals surface area contributed by atoms with Crippen LogP contribution in [0.5, 0.6) is 5.75 Å². The predicted molar refractivity (Wildman–Crippen MR) is 140 cm³/mol. The first-order valence-electron chi connectivity index (χ1n) is 11.8. The Morgan fingerprint density at radius 3 is 2.47 bits per heavy atom. The van der Waals surface area contributed by atoms with Gasteiger partial charge >= 0.3 is 11.9 Å². The SMILES string of the molecule is CCOC(=O)c1sc(N2C(=O)C(=O)/C(=C(/O)c3nc4c(C)cccn4c3C)C2c2ccc(O)cc2)nc1C. The maximum absolute atomic E-state index is 13.5. The minimum absolute atomic E-state index is 0.00735. The number of esters is 1. The summed E-state index contributed by atoms with van der Waals surface area (Å²) in [7, 11) is 0. The largest absolute Gasteiger partial charge is 0.508 e. The molecule has 1 unspecified atom stereocenters. The zero-order valence-corrected chi connectivity index (χ0v) is 21.9. The fourth-order valence-corrected chi connectivity index (χ4v) is 5.53. The number of hydrogen-bond acceptors (Lipinski definition) is 9. The van der Waals surface area contributed by atoms with Gasteiger partial charge in [-0.1, -0.05) is 29.5 Å². The number of ether oxygens (including phenoxy) is 1. The van der Waals surface area contributed by atoms with Crippen LogP contribution in [0.15, 0.2) is 48.2 Å². The molecule has 1 fully saturated rings. The number of pyridine rings is 1. The van der Waals surface area contributed by atoms with Crippen molar-refractivity contribution in [1.29, 1.82) is 0 Å². The average Bonchev–Trinajstić information content (AvgIpc) is 3.52. The Balaban J connectivity index is 1.73. The van der Waals surface area contributed by atoms with Gasteiger partial charge < -0.3 is 19.4 Å². The van der Waals surface area contributed by atoms with E-state index in [-0.39, 0.29) is 33.6 Å². The summed E-state index contributed by atoms with van der Waals surface area (Å²) < 4.78 is 6.90. The number of ketones is 1. The van der Waals surface area contributed by atoms with E-state index in [0.717, 1.165) is 21.8 Å². The van der Waals surface area contributed by atoms with Crippen molar-refractivity contribution in [1.82, 2.24) is 14.4 Å². The highest BCUT2D eigenvalue weighted by molar-refractivity contribution is 7.17. The van der Waals surface area contributed by atoms with Crippen molar-refractivity contribution >= 4 is 45.5 Å². The molecule has 11 heteroatoms. The average molecular weight is 533 g/mol. The number of carbonyl (C=O) groups is 3. The number of thiazole rings is 1. The number of Topliss-reactive ketones (excluding diaryl/α,β-unsaturated/α-hetero) is 1. The summed E-state index contributed by atoms with van der Waals surface area (Å²) in [6.45, 7) is 7.10. The number of imidazole rings is 1. The van der Waals surface area contributed by atoms with Gasteiger partial charge in [0.2, 0.25) is 0 Å². The summed E-state index contributed by atoms with van der Waals surface area (Å²) in [5, 5.41) is 21.5. The lowest BCUT2D eigenvalue weighted by Crippen LogP contribution is -2.29. The van der Waals surface area contributed by atoms with Crippen LogP contribution in [0.2, 0.25) is 0 Å². The zero-order valence-electron chi connectivity index (χ0n) is 21.1. The molecule has 0 saturated carbocycles. The molecule has 5 rings (SSSR count). The third kappa shape index (κ3) is 3.91. The highest BCUT2D eigenvalue weighted by atomic mass is 32.1. The summed E-state index contributed by atoms with van der Waals surface area (Å²) >= 11 is 0.925. The first-order chi connectivity index (χ1) is 18.1. The monoisotopic (exact) mass is 532 g/mol. The number of aromatic hydroxyl groups is 1. The number of carbonyl (C=O) groups excluding carboxylic acids is 3. The van der Waals surface area contributed by atoms with Crippen molar-refractivity contribution in [2.24, 2.45) is 0 Å². The summed E-state index contributed by atoms with van der Waals surface area (Å²) in [5.74, 6) is -2.84. The number of hydrogen-bond donors (Lipinski definition) is 2. The van der Waals surface area contributed by atoms with E-state index >= 15 is 0 Å². The molecule has 4 aromatic rings. The van der Waals surface area contributed by atoms with Crippen molar-refractivity contribution < 1.29 is 29.3 Å². The minimum Gasteiger partial charge on any atom is -0.508 e. The number of aliphatic hydroxyl groups excluding tert-OH is 1. The van der Waals surface area contributed by atoms with Crippen LogP contribution in [-0.2, 0) is 14.3 Å². The first kappa shape index (κ1) is 25.2. The Hall–Kier alpha value is -4.51. The van der Waals surface area contributed by atoms with Crippen LogP contribution in [0.3, 0.4) is 0 Å². The summed E-state index contributed by atoms with van der Waals surface area (Å²) in [5.41, 5.74) is 2.87. The Kier molecular flexibility index (Phi) is 6.23. The topological polar surface area (TPSA) is 134 Å². The lowest BCUT2D eigenvalue weighted by atomic mass is 9.96. The van der Waals surface area contributed by atoms with E-state index in [4.69, 9.17) is 4.74 Å². The standard InChI is InChI=1S/C27H24N4O6S/c1-5-37-26(36)23-14(3)28-27(38-23)31-20(16-8-10-17(32)11-9-16)18(22(34)25(31)35)21(33)19-15(4)30-12-6-7-13(2)24(30)29-19/h6-12,20,32-33H,5H2,1-4H3/b21-18+. The second kappa shape index (κ2) is 9.42. The van der Waals surface area contributed by atoms with Crippen LogP contribution in [0.1, 0.15) is 50.8 Å². The number of nitrogens with zero attached hydrogens (tertiary/aromatic N) is 4. The molecule has 0 radical (unpaired) electrons. The van der Waals surface area contributed by atoms with Crippen molar-refractivity contribution in [3.63, 3.8) is 0 Å². The summed E-state index contributed by atoms with van der Waals surface area (Å²) in [6, 6.07) is 8.60. The molecule has 1 aliphatic rings. The van der Waals surface area contributed by atoms with E-state index in [1.165, 1.54) is 12.1 Å². The minimum atomic E-state index is -1.08. The number of benzene rings is 1. The number of anilines is 1. The van der Waals surface area contributed by atoms with Crippen LogP contribution < -0.4 is 4.90 Å². The Labute approximate surface area is 221 Å². The van der Waals surface area contributed by atoms with Gasteiger partial charge in [0.1, 0.15) is 22.0 Å². The number of aryl methyl sites for hydroxylation is 3.